The van der Waals surface area contributed by atoms with Crippen molar-refractivity contribution >= 4 is 0 Å². The fraction of sp³-hybridized carbons (Fsp3) is 0.538. The molecule has 5 heteroatoms. The summed E-state index contributed by atoms with van der Waals surface area (Å²) in [4.78, 5) is 8.54. The summed E-state index contributed by atoms with van der Waals surface area (Å²) < 4.78 is 7.76. The SMILES string of the molecule is CCc1cnc(Cn2cncc2[C@@H]2CCCN2)o1. The number of aryl methyl sites for hydroxylation is 1. The Bertz CT molecular complexity index is 511. The molecule has 18 heavy (non-hydrogen) atoms. The van der Waals surface area contributed by atoms with Gasteiger partial charge in [-0.3, -0.25) is 0 Å². The first kappa shape index (κ1) is 11.5. The normalized spacial score (nSPS) is 19.5. The Morgan fingerprint density at radius 3 is 3.17 bits per heavy atom. The van der Waals surface area contributed by atoms with E-state index >= 15 is 0 Å². The quantitative estimate of drug-likeness (QED) is 0.895. The molecule has 2 aromatic heterocycles. The van der Waals surface area contributed by atoms with E-state index in [4.69, 9.17) is 4.42 Å². The van der Waals surface area contributed by atoms with E-state index in [1.165, 1.54) is 18.5 Å². The molecule has 3 rings (SSSR count). The first-order chi connectivity index (χ1) is 8.86. The van der Waals surface area contributed by atoms with Gasteiger partial charge < -0.3 is 14.3 Å². The van der Waals surface area contributed by atoms with E-state index in [9.17, 15) is 0 Å². The summed E-state index contributed by atoms with van der Waals surface area (Å²) in [6.45, 7) is 3.82. The maximum Gasteiger partial charge on any atom is 0.214 e. The minimum absolute atomic E-state index is 0.424. The highest BCUT2D eigenvalue weighted by atomic mass is 16.4. The van der Waals surface area contributed by atoms with Crippen LogP contribution in [0.1, 0.15) is 43.2 Å². The molecule has 0 aromatic carbocycles. The predicted molar refractivity (Wildman–Crippen MR) is 67.2 cm³/mol. The average Bonchev–Trinajstić information content (AvgIpc) is 3.09. The second-order valence-corrected chi connectivity index (χ2v) is 4.67. The largest absolute Gasteiger partial charge is 0.444 e. The predicted octanol–water partition coefficient (Wildman–Crippen LogP) is 1.91. The minimum Gasteiger partial charge on any atom is -0.444 e. The molecule has 1 aliphatic rings. The molecule has 1 saturated heterocycles. The van der Waals surface area contributed by atoms with Crippen molar-refractivity contribution in [3.63, 3.8) is 0 Å². The van der Waals surface area contributed by atoms with Crippen molar-refractivity contribution in [2.75, 3.05) is 6.54 Å². The Morgan fingerprint density at radius 1 is 1.50 bits per heavy atom. The molecule has 1 fully saturated rings. The Kier molecular flexibility index (Phi) is 3.15. The highest BCUT2D eigenvalue weighted by Gasteiger charge is 2.20. The maximum atomic E-state index is 5.64. The van der Waals surface area contributed by atoms with Gasteiger partial charge in [-0.05, 0) is 19.4 Å². The monoisotopic (exact) mass is 246 g/mol. The smallest absolute Gasteiger partial charge is 0.214 e. The van der Waals surface area contributed by atoms with Gasteiger partial charge in [0.1, 0.15) is 12.3 Å². The fourth-order valence-corrected chi connectivity index (χ4v) is 2.42. The van der Waals surface area contributed by atoms with E-state index in [-0.39, 0.29) is 0 Å². The molecule has 5 nitrogen and oxygen atoms in total. The van der Waals surface area contributed by atoms with E-state index in [0.717, 1.165) is 24.6 Å². The molecule has 0 amide bonds. The van der Waals surface area contributed by atoms with Gasteiger partial charge in [-0.2, -0.15) is 0 Å². The van der Waals surface area contributed by atoms with Crippen molar-refractivity contribution in [2.24, 2.45) is 0 Å². The molecular weight excluding hydrogens is 228 g/mol. The minimum atomic E-state index is 0.424. The lowest BCUT2D eigenvalue weighted by molar-refractivity contribution is 0.439. The van der Waals surface area contributed by atoms with Gasteiger partial charge in [0, 0.05) is 18.7 Å². The summed E-state index contributed by atoms with van der Waals surface area (Å²) in [5.74, 6) is 1.69. The number of oxazole rings is 1. The van der Waals surface area contributed by atoms with Crippen LogP contribution in [0.15, 0.2) is 23.1 Å². The van der Waals surface area contributed by atoms with Gasteiger partial charge >= 0.3 is 0 Å². The van der Waals surface area contributed by atoms with E-state index < -0.39 is 0 Å². The summed E-state index contributed by atoms with van der Waals surface area (Å²) in [5.41, 5.74) is 1.23. The summed E-state index contributed by atoms with van der Waals surface area (Å²) >= 11 is 0. The van der Waals surface area contributed by atoms with Gasteiger partial charge in [-0.15, -0.1) is 0 Å². The van der Waals surface area contributed by atoms with Gasteiger partial charge in [-0.1, -0.05) is 6.92 Å². The second-order valence-electron chi connectivity index (χ2n) is 4.67. The molecule has 1 aliphatic heterocycles. The van der Waals surface area contributed by atoms with Crippen LogP contribution < -0.4 is 5.32 Å². The molecular formula is C13H18N4O. The Balaban J connectivity index is 1.78. The number of imidazole rings is 1. The first-order valence-electron chi connectivity index (χ1n) is 6.54. The molecule has 0 unspecified atom stereocenters. The third-order valence-corrected chi connectivity index (χ3v) is 3.42. The van der Waals surface area contributed by atoms with Crippen LogP contribution in [-0.4, -0.2) is 21.1 Å². The number of aromatic nitrogens is 3. The molecule has 0 radical (unpaired) electrons. The molecule has 2 aromatic rings. The summed E-state index contributed by atoms with van der Waals surface area (Å²) in [6.07, 6.45) is 8.89. The number of nitrogens with one attached hydrogen (secondary N) is 1. The van der Waals surface area contributed by atoms with Crippen molar-refractivity contribution in [1.29, 1.82) is 0 Å². The zero-order valence-electron chi connectivity index (χ0n) is 10.6. The molecule has 1 atom stereocenters. The first-order valence-corrected chi connectivity index (χ1v) is 6.54. The molecule has 3 heterocycles. The molecule has 1 N–H and O–H groups in total. The van der Waals surface area contributed by atoms with Gasteiger partial charge in [0.05, 0.1) is 18.2 Å². The van der Waals surface area contributed by atoms with E-state index in [0.29, 0.717) is 12.6 Å². The Hall–Kier alpha value is -1.62. The molecule has 0 aliphatic carbocycles. The average molecular weight is 246 g/mol. The summed E-state index contributed by atoms with van der Waals surface area (Å²) in [7, 11) is 0. The topological polar surface area (TPSA) is 55.9 Å². The second kappa shape index (κ2) is 4.94. The van der Waals surface area contributed by atoms with E-state index in [2.05, 4.69) is 26.8 Å². The van der Waals surface area contributed by atoms with E-state index in [1.54, 1.807) is 6.20 Å². The fourth-order valence-electron chi connectivity index (χ4n) is 2.42. The van der Waals surface area contributed by atoms with E-state index in [1.807, 2.05) is 12.5 Å². The van der Waals surface area contributed by atoms with Crippen molar-refractivity contribution in [2.45, 2.75) is 38.8 Å². The Labute approximate surface area is 106 Å². The van der Waals surface area contributed by atoms with Gasteiger partial charge in [0.2, 0.25) is 5.89 Å². The third kappa shape index (κ3) is 2.18. The van der Waals surface area contributed by atoms with Crippen LogP contribution >= 0.6 is 0 Å². The maximum absolute atomic E-state index is 5.64. The van der Waals surface area contributed by atoms with Crippen LogP contribution in [-0.2, 0) is 13.0 Å². The number of nitrogens with zero attached hydrogens (tertiary/aromatic N) is 3. The molecule has 0 saturated carbocycles. The standard InChI is InChI=1S/C13H18N4O/c1-2-10-6-16-13(18-10)8-17-9-14-7-12(17)11-4-3-5-15-11/h6-7,9,11,15H,2-5,8H2,1H3/t11-/m0/s1. The number of hydrogen-bond donors (Lipinski definition) is 1. The summed E-state index contributed by atoms with van der Waals surface area (Å²) in [6, 6.07) is 0.424. The molecule has 0 spiro atoms. The summed E-state index contributed by atoms with van der Waals surface area (Å²) in [5, 5.41) is 3.49. The van der Waals surface area contributed by atoms with Crippen molar-refractivity contribution in [3.05, 3.63) is 36.1 Å². The van der Waals surface area contributed by atoms with Crippen molar-refractivity contribution in [1.82, 2.24) is 19.9 Å². The van der Waals surface area contributed by atoms with Crippen molar-refractivity contribution < 1.29 is 4.42 Å². The van der Waals surface area contributed by atoms with Crippen molar-refractivity contribution in [3.8, 4) is 0 Å². The lowest BCUT2D eigenvalue weighted by Crippen LogP contribution is -2.17. The number of rotatable bonds is 4. The number of hydrogen-bond acceptors (Lipinski definition) is 4. The lowest BCUT2D eigenvalue weighted by atomic mass is 10.2. The lowest BCUT2D eigenvalue weighted by Gasteiger charge is -2.12. The van der Waals surface area contributed by atoms with Gasteiger partial charge in [0.15, 0.2) is 0 Å². The van der Waals surface area contributed by atoms with Crippen LogP contribution in [0.3, 0.4) is 0 Å². The van der Waals surface area contributed by atoms with Crippen LogP contribution in [0.4, 0.5) is 0 Å². The van der Waals surface area contributed by atoms with Crippen LogP contribution in [0.2, 0.25) is 0 Å². The zero-order chi connectivity index (χ0) is 12.4. The highest BCUT2D eigenvalue weighted by Crippen LogP contribution is 2.23. The van der Waals surface area contributed by atoms with Gasteiger partial charge in [-0.25, -0.2) is 9.97 Å². The van der Waals surface area contributed by atoms with Crippen LogP contribution in [0.25, 0.3) is 0 Å². The van der Waals surface area contributed by atoms with Gasteiger partial charge in [0.25, 0.3) is 0 Å². The van der Waals surface area contributed by atoms with Crippen LogP contribution in [0.5, 0.6) is 0 Å². The Morgan fingerprint density at radius 2 is 2.44 bits per heavy atom. The highest BCUT2D eigenvalue weighted by molar-refractivity contribution is 5.08. The third-order valence-electron chi connectivity index (χ3n) is 3.42. The van der Waals surface area contributed by atoms with Crippen LogP contribution in [0, 0.1) is 0 Å². The molecule has 0 bridgehead atoms. The zero-order valence-corrected chi connectivity index (χ0v) is 10.6. The molecule has 96 valence electrons.